The highest BCUT2D eigenvalue weighted by Gasteiger charge is 2.37. The van der Waals surface area contributed by atoms with Gasteiger partial charge in [0.1, 0.15) is 0 Å². The third-order valence-electron chi connectivity index (χ3n) is 5.38. The summed E-state index contributed by atoms with van der Waals surface area (Å²) in [5.74, 6) is -0.724. The summed E-state index contributed by atoms with van der Waals surface area (Å²) in [5, 5.41) is 8.85. The van der Waals surface area contributed by atoms with Crippen LogP contribution in [0.2, 0.25) is 0 Å². The number of carbonyl (C=O) groups excluding carboxylic acids is 2. The maximum atomic E-state index is 12.9. The average Bonchev–Trinajstić information content (AvgIpc) is 3.01. The second-order valence-corrected chi connectivity index (χ2v) is 7.39. The molecular weight excluding hydrogens is 332 g/mol. The Labute approximate surface area is 153 Å². The molecule has 2 amide bonds. The van der Waals surface area contributed by atoms with Gasteiger partial charge in [-0.1, -0.05) is 30.3 Å². The molecule has 0 saturated carbocycles. The number of hydrogen-bond acceptors (Lipinski definition) is 3. The lowest BCUT2D eigenvalue weighted by molar-refractivity contribution is -0.138. The van der Waals surface area contributed by atoms with Gasteiger partial charge in [0.2, 0.25) is 11.8 Å². The van der Waals surface area contributed by atoms with Crippen molar-refractivity contribution in [2.45, 2.75) is 38.6 Å². The van der Waals surface area contributed by atoms with Crippen LogP contribution >= 0.6 is 0 Å². The third kappa shape index (κ3) is 4.62. The molecular formula is C20H26N2O4. The van der Waals surface area contributed by atoms with Crippen molar-refractivity contribution >= 4 is 17.8 Å². The van der Waals surface area contributed by atoms with E-state index >= 15 is 0 Å². The van der Waals surface area contributed by atoms with Crippen molar-refractivity contribution in [2.24, 2.45) is 11.8 Å². The Balaban J connectivity index is 1.54. The van der Waals surface area contributed by atoms with E-state index in [1.165, 1.54) is 0 Å². The SMILES string of the molecule is O=C(O)CC[C@@H]1CCCN(C(=O)[C@@H]2CC(=O)N(Cc3ccccc3)C2)C1. The van der Waals surface area contributed by atoms with E-state index in [-0.39, 0.29) is 36.5 Å². The Kier molecular flexibility index (Phi) is 5.91. The van der Waals surface area contributed by atoms with Gasteiger partial charge >= 0.3 is 5.97 Å². The van der Waals surface area contributed by atoms with E-state index in [4.69, 9.17) is 5.11 Å². The quantitative estimate of drug-likeness (QED) is 0.845. The first kappa shape index (κ1) is 18.4. The lowest BCUT2D eigenvalue weighted by atomic mass is 9.92. The standard InChI is InChI=1S/C20H26N2O4/c23-18-11-17(14-22(18)13-15-5-2-1-3-6-15)20(26)21-10-4-7-16(12-21)8-9-19(24)25/h1-3,5-6,16-17H,4,7-14H2,(H,24,25)/t16-,17+/m0/s1. The van der Waals surface area contributed by atoms with Crippen LogP contribution in [0, 0.1) is 11.8 Å². The number of hydrogen-bond donors (Lipinski definition) is 1. The van der Waals surface area contributed by atoms with Crippen molar-refractivity contribution in [3.63, 3.8) is 0 Å². The summed E-state index contributed by atoms with van der Waals surface area (Å²) in [4.78, 5) is 39.5. The number of carboxylic acids is 1. The molecule has 2 aliphatic heterocycles. The van der Waals surface area contributed by atoms with Crippen LogP contribution in [0.1, 0.15) is 37.7 Å². The molecule has 6 nitrogen and oxygen atoms in total. The van der Waals surface area contributed by atoms with Crippen molar-refractivity contribution in [3.05, 3.63) is 35.9 Å². The predicted molar refractivity (Wildman–Crippen MR) is 96.1 cm³/mol. The molecule has 1 aromatic carbocycles. The fourth-order valence-electron chi connectivity index (χ4n) is 3.98. The number of likely N-dealkylation sites (tertiary alicyclic amines) is 2. The zero-order valence-electron chi connectivity index (χ0n) is 15.0. The molecule has 6 heteroatoms. The Bertz CT molecular complexity index is 661. The van der Waals surface area contributed by atoms with Gasteiger partial charge in [0.15, 0.2) is 0 Å². The van der Waals surface area contributed by atoms with E-state index in [0.29, 0.717) is 32.6 Å². The van der Waals surface area contributed by atoms with E-state index in [0.717, 1.165) is 18.4 Å². The van der Waals surface area contributed by atoms with E-state index in [1.54, 1.807) is 4.90 Å². The maximum absolute atomic E-state index is 12.9. The second kappa shape index (κ2) is 8.34. The van der Waals surface area contributed by atoms with Crippen molar-refractivity contribution in [1.82, 2.24) is 9.80 Å². The first-order chi connectivity index (χ1) is 12.5. The summed E-state index contributed by atoms with van der Waals surface area (Å²) < 4.78 is 0. The van der Waals surface area contributed by atoms with Crippen molar-refractivity contribution in [2.75, 3.05) is 19.6 Å². The van der Waals surface area contributed by atoms with Gasteiger partial charge in [-0.3, -0.25) is 14.4 Å². The Hall–Kier alpha value is -2.37. The smallest absolute Gasteiger partial charge is 0.303 e. The third-order valence-corrected chi connectivity index (χ3v) is 5.38. The van der Waals surface area contributed by atoms with Gasteiger partial charge in [0.25, 0.3) is 0 Å². The molecule has 3 rings (SSSR count). The minimum absolute atomic E-state index is 0.0339. The fourth-order valence-corrected chi connectivity index (χ4v) is 3.98. The number of carbonyl (C=O) groups is 3. The summed E-state index contributed by atoms with van der Waals surface area (Å²) in [6.07, 6.45) is 2.93. The van der Waals surface area contributed by atoms with Crippen LogP contribution in [0.15, 0.2) is 30.3 Å². The Morgan fingerprint density at radius 1 is 1.15 bits per heavy atom. The first-order valence-electron chi connectivity index (χ1n) is 9.35. The number of carboxylic acid groups (broad SMARTS) is 1. The molecule has 0 bridgehead atoms. The number of nitrogens with zero attached hydrogens (tertiary/aromatic N) is 2. The molecule has 0 spiro atoms. The molecule has 0 radical (unpaired) electrons. The molecule has 2 saturated heterocycles. The van der Waals surface area contributed by atoms with Gasteiger partial charge in [-0.25, -0.2) is 0 Å². The van der Waals surface area contributed by atoms with Crippen LogP contribution in [-0.4, -0.2) is 52.3 Å². The average molecular weight is 358 g/mol. The molecule has 0 aromatic heterocycles. The zero-order valence-corrected chi connectivity index (χ0v) is 15.0. The van der Waals surface area contributed by atoms with Gasteiger partial charge < -0.3 is 14.9 Å². The minimum Gasteiger partial charge on any atom is -0.481 e. The normalized spacial score (nSPS) is 23.3. The van der Waals surface area contributed by atoms with Gasteiger partial charge in [-0.05, 0) is 30.7 Å². The van der Waals surface area contributed by atoms with Crippen molar-refractivity contribution in [1.29, 1.82) is 0 Å². The van der Waals surface area contributed by atoms with E-state index in [2.05, 4.69) is 0 Å². The highest BCUT2D eigenvalue weighted by molar-refractivity contribution is 5.89. The van der Waals surface area contributed by atoms with Crippen molar-refractivity contribution in [3.8, 4) is 0 Å². The largest absolute Gasteiger partial charge is 0.481 e. The Morgan fingerprint density at radius 2 is 1.92 bits per heavy atom. The van der Waals surface area contributed by atoms with Crippen LogP contribution in [-0.2, 0) is 20.9 Å². The zero-order chi connectivity index (χ0) is 18.5. The molecule has 2 atom stereocenters. The summed E-state index contributed by atoms with van der Waals surface area (Å²) in [6.45, 7) is 2.36. The van der Waals surface area contributed by atoms with Crippen molar-refractivity contribution < 1.29 is 19.5 Å². The van der Waals surface area contributed by atoms with Crippen LogP contribution in [0.3, 0.4) is 0 Å². The summed E-state index contributed by atoms with van der Waals surface area (Å²) in [7, 11) is 0. The monoisotopic (exact) mass is 358 g/mol. The number of aliphatic carboxylic acids is 1. The van der Waals surface area contributed by atoms with E-state index in [9.17, 15) is 14.4 Å². The second-order valence-electron chi connectivity index (χ2n) is 7.39. The highest BCUT2D eigenvalue weighted by Crippen LogP contribution is 2.26. The van der Waals surface area contributed by atoms with Crippen LogP contribution < -0.4 is 0 Å². The number of rotatable bonds is 6. The lowest BCUT2D eigenvalue weighted by Gasteiger charge is -2.34. The first-order valence-corrected chi connectivity index (χ1v) is 9.35. The molecule has 0 aliphatic carbocycles. The van der Waals surface area contributed by atoms with Crippen LogP contribution in [0.25, 0.3) is 0 Å². The van der Waals surface area contributed by atoms with Gasteiger partial charge in [0, 0.05) is 39.0 Å². The number of benzene rings is 1. The van der Waals surface area contributed by atoms with Gasteiger partial charge in [-0.15, -0.1) is 0 Å². The summed E-state index contributed by atoms with van der Waals surface area (Å²) >= 11 is 0. The predicted octanol–water partition coefficient (Wildman–Crippen LogP) is 2.14. The molecule has 2 aliphatic rings. The molecule has 2 fully saturated rings. The summed E-state index contributed by atoms with van der Waals surface area (Å²) in [5.41, 5.74) is 1.07. The van der Waals surface area contributed by atoms with Crippen LogP contribution in [0.5, 0.6) is 0 Å². The molecule has 2 heterocycles. The molecule has 140 valence electrons. The number of piperidine rings is 1. The van der Waals surface area contributed by atoms with E-state index < -0.39 is 5.97 Å². The number of amides is 2. The van der Waals surface area contributed by atoms with Crippen LogP contribution in [0.4, 0.5) is 0 Å². The van der Waals surface area contributed by atoms with Gasteiger partial charge in [-0.2, -0.15) is 0 Å². The molecule has 26 heavy (non-hydrogen) atoms. The summed E-state index contributed by atoms with van der Waals surface area (Å²) in [6, 6.07) is 9.81. The highest BCUT2D eigenvalue weighted by atomic mass is 16.4. The van der Waals surface area contributed by atoms with Gasteiger partial charge in [0.05, 0.1) is 5.92 Å². The Morgan fingerprint density at radius 3 is 2.65 bits per heavy atom. The topological polar surface area (TPSA) is 77.9 Å². The lowest BCUT2D eigenvalue weighted by Crippen LogP contribution is -2.43. The van der Waals surface area contributed by atoms with E-state index in [1.807, 2.05) is 35.2 Å². The maximum Gasteiger partial charge on any atom is 0.303 e. The molecule has 1 N–H and O–H groups in total. The fraction of sp³-hybridized carbons (Fsp3) is 0.550. The minimum atomic E-state index is -0.786. The molecule has 0 unspecified atom stereocenters. The molecule has 1 aromatic rings.